The quantitative estimate of drug-likeness (QED) is 0.367. The van der Waals surface area contributed by atoms with E-state index in [9.17, 15) is 18.0 Å². The smallest absolute Gasteiger partial charge is 0.338 e. The molecule has 1 aliphatic rings. The van der Waals surface area contributed by atoms with E-state index in [-0.39, 0.29) is 22.1 Å². The molecular formula is C26H29N3O5S. The lowest BCUT2D eigenvalue weighted by molar-refractivity contribution is 0.0432. The number of carbonyl (C=O) groups excluding carboxylic acids is 1. The fourth-order valence-corrected chi connectivity index (χ4v) is 5.56. The van der Waals surface area contributed by atoms with Crippen molar-refractivity contribution in [1.29, 1.82) is 0 Å². The highest BCUT2D eigenvalue weighted by molar-refractivity contribution is 7.92. The van der Waals surface area contributed by atoms with Crippen LogP contribution in [-0.2, 0) is 21.8 Å². The molecule has 0 fully saturated rings. The minimum Gasteiger partial charge on any atom is -0.462 e. The number of carbonyl (C=O) groups is 1. The summed E-state index contributed by atoms with van der Waals surface area (Å²) in [5.41, 5.74) is 0.840. The van der Waals surface area contributed by atoms with Crippen LogP contribution in [0, 0.1) is 12.8 Å². The van der Waals surface area contributed by atoms with Crippen molar-refractivity contribution < 1.29 is 17.9 Å². The van der Waals surface area contributed by atoms with Gasteiger partial charge in [0.2, 0.25) is 0 Å². The molecule has 0 saturated carbocycles. The van der Waals surface area contributed by atoms with E-state index in [4.69, 9.17) is 4.74 Å². The normalized spacial score (nSPS) is 15.7. The lowest BCUT2D eigenvalue weighted by Crippen LogP contribution is -2.32. The highest BCUT2D eigenvalue weighted by Crippen LogP contribution is 2.25. The average molecular weight is 496 g/mol. The molecule has 184 valence electrons. The third-order valence-electron chi connectivity index (χ3n) is 6.39. The second-order valence-corrected chi connectivity index (χ2v) is 10.6. The Morgan fingerprint density at radius 1 is 1.11 bits per heavy atom. The molecule has 1 aliphatic carbocycles. The molecule has 0 radical (unpaired) electrons. The molecule has 4 rings (SSSR count). The Balaban J connectivity index is 1.61. The van der Waals surface area contributed by atoms with E-state index in [1.54, 1.807) is 42.9 Å². The topological polar surface area (TPSA) is 90.6 Å². The molecule has 0 aliphatic heterocycles. The van der Waals surface area contributed by atoms with Gasteiger partial charge in [-0.15, -0.1) is 0 Å². The number of anilines is 1. The molecule has 9 heteroatoms. The average Bonchev–Trinajstić information content (AvgIpc) is 3.10. The number of para-hydroxylation sites is 1. The lowest BCUT2D eigenvalue weighted by Gasteiger charge is -2.19. The largest absolute Gasteiger partial charge is 0.462 e. The lowest BCUT2D eigenvalue weighted by atomic mass is 9.95. The molecule has 0 saturated heterocycles. The number of nitrogens with zero attached hydrogens (tertiary/aromatic N) is 3. The van der Waals surface area contributed by atoms with Crippen LogP contribution in [0.15, 0.2) is 76.4 Å². The standard InChI is InChI=1S/C26H29N3O5S/c1-19-24(25(30)29(27(19)2)22-14-8-5-9-15-22)28(3)35(32,33)23-16-10-13-21(17-23)26(31)34-18-20-11-6-4-7-12-20/h4-6,8-10,13-17,20H,7,11-12,18H2,1-3H3. The number of esters is 1. The molecule has 3 aromatic rings. The first-order valence-electron chi connectivity index (χ1n) is 11.5. The molecule has 0 N–H and O–H groups in total. The second-order valence-electron chi connectivity index (χ2n) is 8.66. The van der Waals surface area contributed by atoms with Crippen molar-refractivity contribution >= 4 is 21.7 Å². The summed E-state index contributed by atoms with van der Waals surface area (Å²) in [7, 11) is -1.08. The Kier molecular flexibility index (Phi) is 6.98. The van der Waals surface area contributed by atoms with Crippen molar-refractivity contribution in [1.82, 2.24) is 9.36 Å². The van der Waals surface area contributed by atoms with E-state index in [1.807, 2.05) is 6.07 Å². The summed E-state index contributed by atoms with van der Waals surface area (Å²) in [6, 6.07) is 14.7. The monoisotopic (exact) mass is 495 g/mol. The number of benzene rings is 2. The molecule has 1 atom stereocenters. The number of aromatic nitrogens is 2. The number of rotatable bonds is 7. The third-order valence-corrected chi connectivity index (χ3v) is 8.15. The van der Waals surface area contributed by atoms with Crippen molar-refractivity contribution in [3.8, 4) is 5.69 Å². The predicted octanol–water partition coefficient (Wildman–Crippen LogP) is 3.82. The number of hydrogen-bond acceptors (Lipinski definition) is 5. The van der Waals surface area contributed by atoms with Gasteiger partial charge in [-0.2, -0.15) is 0 Å². The highest BCUT2D eigenvalue weighted by atomic mass is 32.2. The number of sulfonamides is 1. The summed E-state index contributed by atoms with van der Waals surface area (Å²) in [5.74, 6) is -0.295. The molecule has 8 nitrogen and oxygen atoms in total. The number of ether oxygens (including phenoxy) is 1. The van der Waals surface area contributed by atoms with Gasteiger partial charge in [0.1, 0.15) is 5.69 Å². The van der Waals surface area contributed by atoms with Gasteiger partial charge in [-0.1, -0.05) is 36.4 Å². The molecule has 35 heavy (non-hydrogen) atoms. The molecule has 1 aromatic heterocycles. The van der Waals surface area contributed by atoms with Crippen LogP contribution in [0.3, 0.4) is 0 Å². The molecule has 0 bridgehead atoms. The van der Waals surface area contributed by atoms with E-state index in [2.05, 4.69) is 12.2 Å². The van der Waals surface area contributed by atoms with Gasteiger partial charge in [0.15, 0.2) is 0 Å². The number of allylic oxidation sites excluding steroid dienone is 2. The van der Waals surface area contributed by atoms with Crippen LogP contribution in [0.4, 0.5) is 5.69 Å². The van der Waals surface area contributed by atoms with E-state index < -0.39 is 21.6 Å². The summed E-state index contributed by atoms with van der Waals surface area (Å²) in [4.78, 5) is 25.8. The van der Waals surface area contributed by atoms with Crippen LogP contribution < -0.4 is 9.86 Å². The first-order chi connectivity index (χ1) is 16.7. The van der Waals surface area contributed by atoms with Gasteiger partial charge in [0.05, 0.1) is 28.4 Å². The second kappa shape index (κ2) is 9.95. The van der Waals surface area contributed by atoms with Crippen LogP contribution in [0.25, 0.3) is 5.69 Å². The van der Waals surface area contributed by atoms with Crippen molar-refractivity contribution in [3.05, 3.63) is 88.4 Å². The van der Waals surface area contributed by atoms with E-state index >= 15 is 0 Å². The Labute approximate surface area is 205 Å². The van der Waals surface area contributed by atoms with Gasteiger partial charge >= 0.3 is 5.97 Å². The minimum atomic E-state index is -4.12. The molecule has 1 heterocycles. The van der Waals surface area contributed by atoms with Crippen molar-refractivity contribution in [2.75, 3.05) is 18.0 Å². The van der Waals surface area contributed by atoms with Crippen LogP contribution >= 0.6 is 0 Å². The van der Waals surface area contributed by atoms with Crippen LogP contribution in [0.1, 0.15) is 35.3 Å². The molecule has 0 amide bonds. The Morgan fingerprint density at radius 2 is 1.86 bits per heavy atom. The van der Waals surface area contributed by atoms with Gasteiger partial charge in [0, 0.05) is 14.1 Å². The highest BCUT2D eigenvalue weighted by Gasteiger charge is 2.29. The van der Waals surface area contributed by atoms with E-state index in [1.165, 1.54) is 36.0 Å². The fourth-order valence-electron chi connectivity index (χ4n) is 4.26. The van der Waals surface area contributed by atoms with Crippen LogP contribution in [0.5, 0.6) is 0 Å². The predicted molar refractivity (Wildman–Crippen MR) is 135 cm³/mol. The van der Waals surface area contributed by atoms with E-state index in [0.29, 0.717) is 18.0 Å². The Hall–Kier alpha value is -3.59. The SMILES string of the molecule is Cc1c(N(C)S(=O)(=O)c2cccc(C(=O)OCC3CC=CCC3)c2)c(=O)n(-c2ccccc2)n1C. The van der Waals surface area contributed by atoms with Crippen LogP contribution in [-0.4, -0.2) is 37.4 Å². The van der Waals surface area contributed by atoms with Gasteiger partial charge in [0.25, 0.3) is 15.6 Å². The summed E-state index contributed by atoms with van der Waals surface area (Å²) >= 11 is 0. The summed E-state index contributed by atoms with van der Waals surface area (Å²) in [5, 5.41) is 0. The minimum absolute atomic E-state index is 0.0367. The van der Waals surface area contributed by atoms with Crippen molar-refractivity contribution in [3.63, 3.8) is 0 Å². The molecule has 2 aromatic carbocycles. The molecule has 0 spiro atoms. The first kappa shape index (κ1) is 24.5. The van der Waals surface area contributed by atoms with Gasteiger partial charge in [-0.3, -0.25) is 13.8 Å². The van der Waals surface area contributed by atoms with Crippen molar-refractivity contribution in [2.24, 2.45) is 13.0 Å². The maximum absolute atomic E-state index is 13.5. The summed E-state index contributed by atoms with van der Waals surface area (Å²) in [6.07, 6.45) is 6.99. The zero-order chi connectivity index (χ0) is 25.2. The van der Waals surface area contributed by atoms with Gasteiger partial charge in [-0.25, -0.2) is 17.9 Å². The first-order valence-corrected chi connectivity index (χ1v) is 12.9. The Bertz CT molecular complexity index is 1420. The maximum Gasteiger partial charge on any atom is 0.338 e. The zero-order valence-electron chi connectivity index (χ0n) is 20.0. The van der Waals surface area contributed by atoms with E-state index in [0.717, 1.165) is 23.6 Å². The molecular weight excluding hydrogens is 466 g/mol. The number of hydrogen-bond donors (Lipinski definition) is 0. The summed E-state index contributed by atoms with van der Waals surface area (Å²) < 4.78 is 36.4. The maximum atomic E-state index is 13.5. The zero-order valence-corrected chi connectivity index (χ0v) is 20.9. The Morgan fingerprint density at radius 3 is 2.54 bits per heavy atom. The van der Waals surface area contributed by atoms with Gasteiger partial charge < -0.3 is 4.74 Å². The third kappa shape index (κ3) is 4.81. The summed E-state index contributed by atoms with van der Waals surface area (Å²) in [6.45, 7) is 1.98. The van der Waals surface area contributed by atoms with Crippen molar-refractivity contribution in [2.45, 2.75) is 31.1 Å². The fraction of sp³-hybridized carbons (Fsp3) is 0.308. The van der Waals surface area contributed by atoms with Crippen LogP contribution in [0.2, 0.25) is 0 Å². The molecule has 1 unspecified atom stereocenters. The van der Waals surface area contributed by atoms with Gasteiger partial charge in [-0.05, 0) is 62.4 Å².